The normalized spacial score (nSPS) is 14.8. The Morgan fingerprint density at radius 2 is 2.24 bits per heavy atom. The molecule has 0 fully saturated rings. The van der Waals surface area contributed by atoms with E-state index < -0.39 is 0 Å². The highest BCUT2D eigenvalue weighted by atomic mass is 16.5. The molecule has 0 aliphatic heterocycles. The average Bonchev–Trinajstić information content (AvgIpc) is 2.80. The molecule has 2 atom stereocenters. The predicted octanol–water partition coefficient (Wildman–Crippen LogP) is 1.24. The monoisotopic (exact) mass is 240 g/mol. The lowest BCUT2D eigenvalue weighted by Gasteiger charge is -2.23. The van der Waals surface area contributed by atoms with Crippen molar-refractivity contribution in [3.8, 4) is 0 Å². The zero-order valence-corrected chi connectivity index (χ0v) is 11.3. The minimum atomic E-state index is 0.170. The van der Waals surface area contributed by atoms with E-state index in [1.54, 1.807) is 13.4 Å². The van der Waals surface area contributed by atoms with Gasteiger partial charge in [0.2, 0.25) is 0 Å². The van der Waals surface area contributed by atoms with Gasteiger partial charge in [0.05, 0.1) is 6.10 Å². The summed E-state index contributed by atoms with van der Waals surface area (Å²) in [5.41, 5.74) is 0. The van der Waals surface area contributed by atoms with Gasteiger partial charge in [-0.05, 0) is 26.8 Å². The third-order valence-electron chi connectivity index (χ3n) is 2.99. The van der Waals surface area contributed by atoms with Crippen molar-refractivity contribution in [3.63, 3.8) is 0 Å². The topological polar surface area (TPSA) is 52.0 Å². The predicted molar refractivity (Wildman–Crippen MR) is 68.0 cm³/mol. The standard InChI is InChI=1S/C12H24N4O/c1-5-7-13-11(10(3)17-4)8-12-14-9-15-16(12)6-2/h9-11,13H,5-8H2,1-4H3. The van der Waals surface area contributed by atoms with Gasteiger partial charge in [-0.3, -0.25) is 4.68 Å². The molecule has 1 N–H and O–H groups in total. The molecule has 0 saturated heterocycles. The van der Waals surface area contributed by atoms with E-state index in [9.17, 15) is 0 Å². The van der Waals surface area contributed by atoms with Crippen LogP contribution < -0.4 is 5.32 Å². The van der Waals surface area contributed by atoms with Gasteiger partial charge < -0.3 is 10.1 Å². The van der Waals surface area contributed by atoms with Crippen LogP contribution in [0.5, 0.6) is 0 Å². The van der Waals surface area contributed by atoms with Gasteiger partial charge in [-0.15, -0.1) is 0 Å². The van der Waals surface area contributed by atoms with Crippen molar-refractivity contribution in [2.24, 2.45) is 0 Å². The van der Waals surface area contributed by atoms with Crippen LogP contribution >= 0.6 is 0 Å². The molecule has 0 aliphatic carbocycles. The highest BCUT2D eigenvalue weighted by Crippen LogP contribution is 2.06. The molecule has 5 heteroatoms. The molecule has 1 rings (SSSR count). The molecule has 2 unspecified atom stereocenters. The molecule has 0 bridgehead atoms. The Morgan fingerprint density at radius 3 is 2.82 bits per heavy atom. The molecular weight excluding hydrogens is 216 g/mol. The number of rotatable bonds is 8. The van der Waals surface area contributed by atoms with Crippen LogP contribution in [-0.2, 0) is 17.7 Å². The van der Waals surface area contributed by atoms with Gasteiger partial charge in [0.25, 0.3) is 0 Å². The minimum absolute atomic E-state index is 0.170. The summed E-state index contributed by atoms with van der Waals surface area (Å²) >= 11 is 0. The molecule has 1 aromatic rings. The summed E-state index contributed by atoms with van der Waals surface area (Å²) in [6.45, 7) is 8.18. The fraction of sp³-hybridized carbons (Fsp3) is 0.833. The van der Waals surface area contributed by atoms with Crippen molar-refractivity contribution in [1.29, 1.82) is 0 Å². The van der Waals surface area contributed by atoms with E-state index >= 15 is 0 Å². The van der Waals surface area contributed by atoms with Crippen molar-refractivity contribution < 1.29 is 4.74 Å². The van der Waals surface area contributed by atoms with Gasteiger partial charge in [0.15, 0.2) is 0 Å². The first-order valence-electron chi connectivity index (χ1n) is 6.35. The highest BCUT2D eigenvalue weighted by molar-refractivity contribution is 4.91. The average molecular weight is 240 g/mol. The SMILES string of the molecule is CCCNC(Cc1ncnn1CC)C(C)OC. The van der Waals surface area contributed by atoms with Crippen molar-refractivity contribution in [1.82, 2.24) is 20.1 Å². The summed E-state index contributed by atoms with van der Waals surface area (Å²) in [4.78, 5) is 4.31. The first-order chi connectivity index (χ1) is 8.22. The number of nitrogens with one attached hydrogen (secondary N) is 1. The van der Waals surface area contributed by atoms with Crippen molar-refractivity contribution >= 4 is 0 Å². The van der Waals surface area contributed by atoms with Crippen LogP contribution in [0, 0.1) is 0 Å². The van der Waals surface area contributed by atoms with Gasteiger partial charge in [0, 0.05) is 26.1 Å². The molecule has 1 heterocycles. The van der Waals surface area contributed by atoms with Gasteiger partial charge in [-0.25, -0.2) is 4.98 Å². The number of aryl methyl sites for hydroxylation is 1. The quantitative estimate of drug-likeness (QED) is 0.743. The smallest absolute Gasteiger partial charge is 0.138 e. The summed E-state index contributed by atoms with van der Waals surface area (Å²) in [6.07, 6.45) is 3.76. The van der Waals surface area contributed by atoms with Crippen molar-refractivity contribution in [2.75, 3.05) is 13.7 Å². The number of nitrogens with zero attached hydrogens (tertiary/aromatic N) is 3. The second kappa shape index (κ2) is 7.40. The fourth-order valence-electron chi connectivity index (χ4n) is 1.81. The van der Waals surface area contributed by atoms with Crippen LogP contribution in [0.1, 0.15) is 33.0 Å². The molecule has 0 spiro atoms. The van der Waals surface area contributed by atoms with Crippen LogP contribution in [0.25, 0.3) is 0 Å². The molecule has 1 aromatic heterocycles. The van der Waals surface area contributed by atoms with E-state index in [4.69, 9.17) is 4.74 Å². The highest BCUT2D eigenvalue weighted by Gasteiger charge is 2.19. The second-order valence-corrected chi connectivity index (χ2v) is 4.20. The zero-order valence-electron chi connectivity index (χ0n) is 11.3. The molecule has 0 saturated carbocycles. The molecule has 0 radical (unpaired) electrons. The van der Waals surface area contributed by atoms with E-state index in [2.05, 4.69) is 36.2 Å². The molecule has 0 amide bonds. The van der Waals surface area contributed by atoms with Crippen LogP contribution in [0.2, 0.25) is 0 Å². The fourth-order valence-corrected chi connectivity index (χ4v) is 1.81. The molecule has 98 valence electrons. The molecule has 0 aromatic carbocycles. The maximum Gasteiger partial charge on any atom is 0.138 e. The summed E-state index contributed by atoms with van der Waals surface area (Å²) in [6, 6.07) is 0.287. The summed E-state index contributed by atoms with van der Waals surface area (Å²) < 4.78 is 7.35. The van der Waals surface area contributed by atoms with Crippen LogP contribution in [0.3, 0.4) is 0 Å². The molecule has 0 aliphatic rings. The number of ether oxygens (including phenoxy) is 1. The Hall–Kier alpha value is -0.940. The van der Waals surface area contributed by atoms with Gasteiger partial charge in [-0.2, -0.15) is 5.10 Å². The van der Waals surface area contributed by atoms with Crippen molar-refractivity contribution in [3.05, 3.63) is 12.2 Å². The van der Waals surface area contributed by atoms with E-state index in [0.29, 0.717) is 0 Å². The lowest BCUT2D eigenvalue weighted by molar-refractivity contribution is 0.0820. The minimum Gasteiger partial charge on any atom is -0.380 e. The number of hydrogen-bond acceptors (Lipinski definition) is 4. The van der Waals surface area contributed by atoms with Gasteiger partial charge in [0.1, 0.15) is 12.2 Å². The van der Waals surface area contributed by atoms with E-state index in [1.807, 2.05) is 4.68 Å². The van der Waals surface area contributed by atoms with Crippen molar-refractivity contribution in [2.45, 2.75) is 52.3 Å². The Kier molecular flexibility index (Phi) is 6.15. The third-order valence-corrected chi connectivity index (χ3v) is 2.99. The van der Waals surface area contributed by atoms with Gasteiger partial charge >= 0.3 is 0 Å². The molecule has 17 heavy (non-hydrogen) atoms. The first-order valence-corrected chi connectivity index (χ1v) is 6.35. The Morgan fingerprint density at radius 1 is 1.47 bits per heavy atom. The zero-order chi connectivity index (χ0) is 12.7. The van der Waals surface area contributed by atoms with Crippen LogP contribution in [-0.4, -0.2) is 40.6 Å². The Labute approximate surface area is 104 Å². The van der Waals surface area contributed by atoms with E-state index in [0.717, 1.165) is 31.8 Å². The number of aromatic nitrogens is 3. The number of hydrogen-bond donors (Lipinski definition) is 1. The second-order valence-electron chi connectivity index (χ2n) is 4.20. The van der Waals surface area contributed by atoms with Crippen LogP contribution in [0.4, 0.5) is 0 Å². The maximum absolute atomic E-state index is 5.41. The molecular formula is C12H24N4O. The summed E-state index contributed by atoms with van der Waals surface area (Å²) in [5, 5.41) is 7.69. The summed E-state index contributed by atoms with van der Waals surface area (Å²) in [5.74, 6) is 1.02. The Balaban J connectivity index is 2.64. The van der Waals surface area contributed by atoms with Gasteiger partial charge in [-0.1, -0.05) is 6.92 Å². The molecule has 5 nitrogen and oxygen atoms in total. The third kappa shape index (κ3) is 4.09. The summed E-state index contributed by atoms with van der Waals surface area (Å²) in [7, 11) is 1.75. The van der Waals surface area contributed by atoms with E-state index in [-0.39, 0.29) is 12.1 Å². The first kappa shape index (κ1) is 14.1. The largest absolute Gasteiger partial charge is 0.380 e. The number of methoxy groups -OCH3 is 1. The van der Waals surface area contributed by atoms with Crippen LogP contribution in [0.15, 0.2) is 6.33 Å². The lowest BCUT2D eigenvalue weighted by atomic mass is 10.1. The van der Waals surface area contributed by atoms with E-state index in [1.165, 1.54) is 0 Å². The maximum atomic E-state index is 5.41. The Bertz CT molecular complexity index is 313. The lowest BCUT2D eigenvalue weighted by Crippen LogP contribution is -2.42.